The van der Waals surface area contributed by atoms with Crippen LogP contribution in [0, 0.1) is 5.92 Å². The van der Waals surface area contributed by atoms with Gasteiger partial charge >= 0.3 is 5.97 Å². The molecule has 0 saturated carbocycles. The maximum Gasteiger partial charge on any atom is 0.326 e. The van der Waals surface area contributed by atoms with Gasteiger partial charge in [0.05, 0.1) is 6.54 Å². The lowest BCUT2D eigenvalue weighted by molar-refractivity contribution is -0.142. The second-order valence-corrected chi connectivity index (χ2v) is 6.04. The standard InChI is InChI=1S/C14H26N2O3/c1-9(2)7-12(14(18)19)15-13(17)8-16-10(3)5-6-11(16)4/h9-12H,5-8H2,1-4H3,(H,15,17)(H,18,19)/t10?,11?,12-/m0/s1. The molecule has 0 aromatic heterocycles. The third-order valence-corrected chi connectivity index (χ3v) is 3.80. The van der Waals surface area contributed by atoms with E-state index in [9.17, 15) is 9.59 Å². The summed E-state index contributed by atoms with van der Waals surface area (Å²) in [5.74, 6) is -0.899. The van der Waals surface area contributed by atoms with Gasteiger partial charge in [-0.3, -0.25) is 9.69 Å². The summed E-state index contributed by atoms with van der Waals surface area (Å²) in [7, 11) is 0. The molecular formula is C14H26N2O3. The number of hydrogen-bond donors (Lipinski definition) is 2. The third-order valence-electron chi connectivity index (χ3n) is 3.80. The maximum atomic E-state index is 12.0. The fourth-order valence-corrected chi connectivity index (χ4v) is 2.66. The van der Waals surface area contributed by atoms with Crippen LogP contribution < -0.4 is 5.32 Å². The zero-order valence-corrected chi connectivity index (χ0v) is 12.3. The molecule has 1 heterocycles. The zero-order valence-electron chi connectivity index (χ0n) is 12.3. The van der Waals surface area contributed by atoms with Crippen molar-refractivity contribution in [1.29, 1.82) is 0 Å². The van der Waals surface area contributed by atoms with Crippen LogP contribution in [0.25, 0.3) is 0 Å². The highest BCUT2D eigenvalue weighted by Crippen LogP contribution is 2.22. The number of likely N-dealkylation sites (tertiary alicyclic amines) is 1. The van der Waals surface area contributed by atoms with Crippen molar-refractivity contribution < 1.29 is 14.7 Å². The number of carbonyl (C=O) groups is 2. The summed E-state index contributed by atoms with van der Waals surface area (Å²) in [5, 5.41) is 11.7. The van der Waals surface area contributed by atoms with Crippen LogP contribution in [0.4, 0.5) is 0 Å². The van der Waals surface area contributed by atoms with E-state index in [2.05, 4.69) is 24.1 Å². The number of rotatable bonds is 6. The first-order chi connectivity index (χ1) is 8.81. The van der Waals surface area contributed by atoms with Crippen LogP contribution in [0.1, 0.15) is 47.0 Å². The van der Waals surface area contributed by atoms with E-state index in [4.69, 9.17) is 5.11 Å². The van der Waals surface area contributed by atoms with Gasteiger partial charge in [0.2, 0.25) is 5.91 Å². The van der Waals surface area contributed by atoms with Crippen molar-refractivity contribution in [3.63, 3.8) is 0 Å². The van der Waals surface area contributed by atoms with Crippen LogP contribution >= 0.6 is 0 Å². The van der Waals surface area contributed by atoms with Gasteiger partial charge in [0.15, 0.2) is 0 Å². The number of aliphatic carboxylic acids is 1. The molecule has 1 saturated heterocycles. The van der Waals surface area contributed by atoms with E-state index < -0.39 is 12.0 Å². The van der Waals surface area contributed by atoms with Gasteiger partial charge in [-0.05, 0) is 39.0 Å². The lowest BCUT2D eigenvalue weighted by Crippen LogP contribution is -2.48. The number of nitrogens with one attached hydrogen (secondary N) is 1. The lowest BCUT2D eigenvalue weighted by Gasteiger charge is -2.26. The molecule has 0 aliphatic carbocycles. The van der Waals surface area contributed by atoms with Crippen LogP contribution in [0.15, 0.2) is 0 Å². The van der Waals surface area contributed by atoms with E-state index >= 15 is 0 Å². The molecule has 1 amide bonds. The molecule has 1 aliphatic rings. The molecule has 0 aromatic carbocycles. The second-order valence-electron chi connectivity index (χ2n) is 6.04. The minimum absolute atomic E-state index is 0.186. The molecular weight excluding hydrogens is 244 g/mol. The Morgan fingerprint density at radius 3 is 2.21 bits per heavy atom. The topological polar surface area (TPSA) is 69.6 Å². The van der Waals surface area contributed by atoms with Gasteiger partial charge in [-0.25, -0.2) is 4.79 Å². The highest BCUT2D eigenvalue weighted by Gasteiger charge is 2.30. The average molecular weight is 270 g/mol. The summed E-state index contributed by atoms with van der Waals surface area (Å²) in [6, 6.07) is 0.0176. The number of amides is 1. The predicted octanol–water partition coefficient (Wildman–Crippen LogP) is 1.47. The van der Waals surface area contributed by atoms with Crippen LogP contribution in [-0.2, 0) is 9.59 Å². The molecule has 1 fully saturated rings. The molecule has 19 heavy (non-hydrogen) atoms. The smallest absolute Gasteiger partial charge is 0.326 e. The lowest BCUT2D eigenvalue weighted by atomic mass is 10.0. The summed E-state index contributed by atoms with van der Waals surface area (Å²) >= 11 is 0. The Hall–Kier alpha value is -1.10. The Bertz CT molecular complexity index is 321. The first-order valence-electron chi connectivity index (χ1n) is 7.09. The SMILES string of the molecule is CC(C)C[C@H](NC(=O)CN1C(C)CCC1C)C(=O)O. The highest BCUT2D eigenvalue weighted by molar-refractivity contribution is 5.84. The summed E-state index contributed by atoms with van der Waals surface area (Å²) in [6.45, 7) is 8.42. The van der Waals surface area contributed by atoms with Gasteiger partial charge in [0.25, 0.3) is 0 Å². The van der Waals surface area contributed by atoms with Gasteiger partial charge in [0.1, 0.15) is 6.04 Å². The number of carboxylic acids is 1. The summed E-state index contributed by atoms with van der Waals surface area (Å²) in [4.78, 5) is 25.2. The summed E-state index contributed by atoms with van der Waals surface area (Å²) < 4.78 is 0. The minimum atomic E-state index is -0.954. The van der Waals surface area contributed by atoms with Gasteiger partial charge in [-0.1, -0.05) is 13.8 Å². The van der Waals surface area contributed by atoms with Crippen molar-refractivity contribution in [3.8, 4) is 0 Å². The van der Waals surface area contributed by atoms with Gasteiger partial charge in [-0.2, -0.15) is 0 Å². The average Bonchev–Trinajstić information content (AvgIpc) is 2.59. The first kappa shape index (κ1) is 16.0. The van der Waals surface area contributed by atoms with Crippen molar-refractivity contribution in [3.05, 3.63) is 0 Å². The van der Waals surface area contributed by atoms with Crippen molar-refractivity contribution >= 4 is 11.9 Å². The molecule has 0 radical (unpaired) electrons. The van der Waals surface area contributed by atoms with E-state index in [1.807, 2.05) is 13.8 Å². The van der Waals surface area contributed by atoms with Crippen LogP contribution in [0.3, 0.4) is 0 Å². The molecule has 1 aliphatic heterocycles. The van der Waals surface area contributed by atoms with Gasteiger partial charge in [0, 0.05) is 12.1 Å². The maximum absolute atomic E-state index is 12.0. The normalized spacial score (nSPS) is 25.5. The van der Waals surface area contributed by atoms with E-state index in [0.29, 0.717) is 25.0 Å². The Labute approximate surface area is 115 Å². The number of carboxylic acid groups (broad SMARTS) is 1. The number of carbonyl (C=O) groups excluding carboxylic acids is 1. The predicted molar refractivity (Wildman–Crippen MR) is 73.9 cm³/mol. The summed E-state index contributed by atoms with van der Waals surface area (Å²) in [5.41, 5.74) is 0. The Kier molecular flexibility index (Phi) is 5.79. The minimum Gasteiger partial charge on any atom is -0.480 e. The molecule has 1 rings (SSSR count). The van der Waals surface area contributed by atoms with Crippen LogP contribution in [0.2, 0.25) is 0 Å². The Morgan fingerprint density at radius 2 is 1.79 bits per heavy atom. The Balaban J connectivity index is 2.50. The van der Waals surface area contributed by atoms with Gasteiger partial charge < -0.3 is 10.4 Å². The molecule has 0 bridgehead atoms. The van der Waals surface area contributed by atoms with E-state index in [1.54, 1.807) is 0 Å². The quantitative estimate of drug-likeness (QED) is 0.767. The first-order valence-corrected chi connectivity index (χ1v) is 7.09. The monoisotopic (exact) mass is 270 g/mol. The van der Waals surface area contributed by atoms with Crippen molar-refractivity contribution in [2.45, 2.75) is 65.1 Å². The molecule has 0 spiro atoms. The molecule has 5 nitrogen and oxygen atoms in total. The molecule has 110 valence electrons. The fraction of sp³-hybridized carbons (Fsp3) is 0.857. The molecule has 2 N–H and O–H groups in total. The molecule has 0 aromatic rings. The number of hydrogen-bond acceptors (Lipinski definition) is 3. The molecule has 5 heteroatoms. The van der Waals surface area contributed by atoms with Crippen molar-refractivity contribution in [2.24, 2.45) is 5.92 Å². The van der Waals surface area contributed by atoms with E-state index in [1.165, 1.54) is 0 Å². The third kappa shape index (κ3) is 4.82. The highest BCUT2D eigenvalue weighted by atomic mass is 16.4. The van der Waals surface area contributed by atoms with Crippen molar-refractivity contribution in [2.75, 3.05) is 6.54 Å². The van der Waals surface area contributed by atoms with E-state index in [0.717, 1.165) is 12.8 Å². The molecule has 2 unspecified atom stereocenters. The van der Waals surface area contributed by atoms with Gasteiger partial charge in [-0.15, -0.1) is 0 Å². The molecule has 3 atom stereocenters. The second kappa shape index (κ2) is 6.89. The van der Waals surface area contributed by atoms with Crippen LogP contribution in [-0.4, -0.2) is 46.6 Å². The largest absolute Gasteiger partial charge is 0.480 e. The Morgan fingerprint density at radius 1 is 1.26 bits per heavy atom. The number of nitrogens with zero attached hydrogens (tertiary/aromatic N) is 1. The summed E-state index contributed by atoms with van der Waals surface area (Å²) in [6.07, 6.45) is 2.66. The fourth-order valence-electron chi connectivity index (χ4n) is 2.66. The van der Waals surface area contributed by atoms with Crippen LogP contribution in [0.5, 0.6) is 0 Å². The van der Waals surface area contributed by atoms with E-state index in [-0.39, 0.29) is 11.8 Å². The zero-order chi connectivity index (χ0) is 14.6. The van der Waals surface area contributed by atoms with Crippen molar-refractivity contribution in [1.82, 2.24) is 10.2 Å².